The summed E-state index contributed by atoms with van der Waals surface area (Å²) in [5, 5.41) is 4.96. The van der Waals surface area contributed by atoms with Gasteiger partial charge in [-0.25, -0.2) is 4.39 Å². The van der Waals surface area contributed by atoms with Crippen molar-refractivity contribution in [3.8, 4) is 0 Å². The predicted octanol–water partition coefficient (Wildman–Crippen LogP) is 1.14. The second kappa shape index (κ2) is 9.17. The number of hydrogen-bond donors (Lipinski definition) is 3. The Hall–Kier alpha value is -2.22. The molecule has 0 aliphatic heterocycles. The summed E-state index contributed by atoms with van der Waals surface area (Å²) in [6.07, 6.45) is 0.192. The smallest absolute Gasteiger partial charge is 0.243 e. The lowest BCUT2D eigenvalue weighted by molar-refractivity contribution is -0.130. The van der Waals surface area contributed by atoms with Gasteiger partial charge in [0.25, 0.3) is 0 Å². The van der Waals surface area contributed by atoms with Gasteiger partial charge in [-0.15, -0.1) is 0 Å². The third-order valence-electron chi connectivity index (χ3n) is 3.11. The Morgan fingerprint density at radius 1 is 1.29 bits per heavy atom. The molecule has 0 aliphatic rings. The first-order chi connectivity index (χ1) is 11.2. The van der Waals surface area contributed by atoms with E-state index < -0.39 is 35.6 Å². The molecule has 0 spiro atoms. The quantitative estimate of drug-likeness (QED) is 0.610. The first-order valence-corrected chi connectivity index (χ1v) is 7.93. The van der Waals surface area contributed by atoms with Crippen LogP contribution in [0.1, 0.15) is 18.9 Å². The van der Waals surface area contributed by atoms with Gasteiger partial charge in [0.15, 0.2) is 0 Å². The molecule has 0 aliphatic carbocycles. The average Bonchev–Trinajstić information content (AvgIpc) is 2.44. The van der Waals surface area contributed by atoms with Gasteiger partial charge in [0.2, 0.25) is 17.7 Å². The van der Waals surface area contributed by atoms with Crippen molar-refractivity contribution < 1.29 is 18.8 Å². The number of rotatable bonds is 8. The molecular formula is C16H19BrFN3O3. The van der Waals surface area contributed by atoms with Crippen LogP contribution < -0.4 is 16.4 Å². The van der Waals surface area contributed by atoms with E-state index in [2.05, 4.69) is 33.1 Å². The summed E-state index contributed by atoms with van der Waals surface area (Å²) in [6.45, 7) is 4.86. The Bertz CT molecular complexity index is 651. The van der Waals surface area contributed by atoms with Gasteiger partial charge in [0.05, 0.1) is 0 Å². The molecule has 0 bridgehead atoms. The molecule has 0 aromatic heterocycles. The predicted molar refractivity (Wildman–Crippen MR) is 91.5 cm³/mol. The van der Waals surface area contributed by atoms with Gasteiger partial charge in [-0.05, 0) is 22.2 Å². The van der Waals surface area contributed by atoms with Gasteiger partial charge in [-0.1, -0.05) is 34.6 Å². The molecule has 6 nitrogen and oxygen atoms in total. The molecule has 0 unspecified atom stereocenters. The van der Waals surface area contributed by atoms with E-state index in [9.17, 15) is 18.8 Å². The summed E-state index contributed by atoms with van der Waals surface area (Å²) in [5.41, 5.74) is 5.79. The molecular weight excluding hydrogens is 381 g/mol. The Morgan fingerprint density at radius 3 is 2.46 bits per heavy atom. The maximum Gasteiger partial charge on any atom is 0.243 e. The number of halogens is 2. The van der Waals surface area contributed by atoms with E-state index in [4.69, 9.17) is 5.73 Å². The Balaban J connectivity index is 2.89. The van der Waals surface area contributed by atoms with Gasteiger partial charge < -0.3 is 16.4 Å². The van der Waals surface area contributed by atoms with Crippen molar-refractivity contribution in [3.63, 3.8) is 0 Å². The number of primary amides is 1. The summed E-state index contributed by atoms with van der Waals surface area (Å²) in [7, 11) is 0. The lowest BCUT2D eigenvalue weighted by Gasteiger charge is -2.21. The molecule has 2 atom stereocenters. The fourth-order valence-corrected chi connectivity index (χ4v) is 2.39. The number of benzene rings is 1. The van der Waals surface area contributed by atoms with Crippen LogP contribution >= 0.6 is 15.9 Å². The third-order valence-corrected chi connectivity index (χ3v) is 3.43. The van der Waals surface area contributed by atoms with Crippen molar-refractivity contribution in [2.45, 2.75) is 31.8 Å². The van der Waals surface area contributed by atoms with Crippen LogP contribution in [0.5, 0.6) is 0 Å². The van der Waals surface area contributed by atoms with Crippen molar-refractivity contribution in [1.82, 2.24) is 10.6 Å². The van der Waals surface area contributed by atoms with Gasteiger partial charge >= 0.3 is 0 Å². The Kier molecular flexibility index (Phi) is 7.57. The number of amides is 3. The van der Waals surface area contributed by atoms with Crippen molar-refractivity contribution in [2.75, 3.05) is 0 Å². The molecule has 0 saturated heterocycles. The molecule has 0 fully saturated rings. The van der Waals surface area contributed by atoms with Crippen LogP contribution in [0.3, 0.4) is 0 Å². The van der Waals surface area contributed by atoms with E-state index in [1.165, 1.54) is 25.1 Å². The zero-order valence-electron chi connectivity index (χ0n) is 13.1. The Morgan fingerprint density at radius 2 is 1.96 bits per heavy atom. The van der Waals surface area contributed by atoms with E-state index in [0.29, 0.717) is 10.0 Å². The molecule has 24 heavy (non-hydrogen) atoms. The normalized spacial score (nSPS) is 12.8. The highest BCUT2D eigenvalue weighted by Gasteiger charge is 2.25. The minimum absolute atomic E-state index is 0.0733. The minimum atomic E-state index is -0.965. The SMILES string of the molecule is C=C(Br)C[C@H](NC(=O)[C@H](Cc1cccc(F)c1)NC(C)=O)C(N)=O. The zero-order chi connectivity index (χ0) is 18.3. The van der Waals surface area contributed by atoms with Gasteiger partial charge in [0.1, 0.15) is 17.9 Å². The van der Waals surface area contributed by atoms with E-state index in [0.717, 1.165) is 0 Å². The molecule has 4 N–H and O–H groups in total. The van der Waals surface area contributed by atoms with Crippen LogP contribution in [-0.2, 0) is 20.8 Å². The van der Waals surface area contributed by atoms with Crippen molar-refractivity contribution in [3.05, 3.63) is 46.7 Å². The Labute approximate surface area is 147 Å². The van der Waals surface area contributed by atoms with Gasteiger partial charge in [-0.3, -0.25) is 14.4 Å². The molecule has 1 rings (SSSR count). The maximum absolute atomic E-state index is 13.3. The van der Waals surface area contributed by atoms with E-state index in [1.807, 2.05) is 0 Å². The maximum atomic E-state index is 13.3. The number of carbonyl (C=O) groups is 3. The van der Waals surface area contributed by atoms with Crippen LogP contribution in [0.2, 0.25) is 0 Å². The molecule has 1 aromatic rings. The van der Waals surface area contributed by atoms with Crippen molar-refractivity contribution in [1.29, 1.82) is 0 Å². The van der Waals surface area contributed by atoms with Gasteiger partial charge in [-0.2, -0.15) is 0 Å². The standard InChI is InChI=1S/C16H19BrFN3O3/c1-9(17)6-13(15(19)23)21-16(24)14(20-10(2)22)8-11-4-3-5-12(18)7-11/h3-5,7,13-14H,1,6,8H2,2H3,(H2,19,23)(H,20,22)(H,21,24)/t13-,14-/m0/s1. The molecule has 0 saturated carbocycles. The second-order valence-corrected chi connectivity index (χ2v) is 6.39. The largest absolute Gasteiger partial charge is 0.368 e. The average molecular weight is 400 g/mol. The fraction of sp³-hybridized carbons (Fsp3) is 0.312. The topological polar surface area (TPSA) is 101 Å². The first-order valence-electron chi connectivity index (χ1n) is 7.13. The fourth-order valence-electron chi connectivity index (χ4n) is 2.07. The van der Waals surface area contributed by atoms with Crippen LogP contribution in [0, 0.1) is 5.82 Å². The molecule has 130 valence electrons. The highest BCUT2D eigenvalue weighted by atomic mass is 79.9. The second-order valence-electron chi connectivity index (χ2n) is 5.27. The number of nitrogens with one attached hydrogen (secondary N) is 2. The van der Waals surface area contributed by atoms with Crippen LogP contribution in [0.25, 0.3) is 0 Å². The summed E-state index contributed by atoms with van der Waals surface area (Å²) in [4.78, 5) is 35.2. The number of hydrogen-bond acceptors (Lipinski definition) is 3. The summed E-state index contributed by atoms with van der Waals surface area (Å²) < 4.78 is 13.8. The van der Waals surface area contributed by atoms with E-state index in [-0.39, 0.29) is 12.8 Å². The van der Waals surface area contributed by atoms with Crippen LogP contribution in [0.4, 0.5) is 4.39 Å². The first kappa shape index (κ1) is 19.8. The molecule has 3 amide bonds. The summed E-state index contributed by atoms with van der Waals surface area (Å²) >= 11 is 3.11. The van der Waals surface area contributed by atoms with Crippen molar-refractivity contribution in [2.24, 2.45) is 5.73 Å². The van der Waals surface area contributed by atoms with Crippen LogP contribution in [-0.4, -0.2) is 29.8 Å². The highest BCUT2D eigenvalue weighted by Crippen LogP contribution is 2.11. The molecule has 0 heterocycles. The molecule has 8 heteroatoms. The summed E-state index contributed by atoms with van der Waals surface area (Å²) in [5.74, 6) is -2.18. The number of carbonyl (C=O) groups excluding carboxylic acids is 3. The molecule has 0 radical (unpaired) electrons. The van der Waals surface area contributed by atoms with E-state index in [1.54, 1.807) is 6.07 Å². The zero-order valence-corrected chi connectivity index (χ0v) is 14.7. The highest BCUT2D eigenvalue weighted by molar-refractivity contribution is 9.11. The van der Waals surface area contributed by atoms with E-state index >= 15 is 0 Å². The lowest BCUT2D eigenvalue weighted by atomic mass is 10.0. The summed E-state index contributed by atoms with van der Waals surface area (Å²) in [6, 6.07) is 3.77. The minimum Gasteiger partial charge on any atom is -0.368 e. The van der Waals surface area contributed by atoms with Crippen LogP contribution in [0.15, 0.2) is 35.3 Å². The monoisotopic (exact) mass is 399 g/mol. The molecule has 1 aromatic carbocycles. The number of nitrogens with two attached hydrogens (primary N) is 1. The lowest BCUT2D eigenvalue weighted by Crippen LogP contribution is -2.53. The van der Waals surface area contributed by atoms with Gasteiger partial charge in [0, 0.05) is 19.8 Å². The van der Waals surface area contributed by atoms with Crippen molar-refractivity contribution >= 4 is 33.7 Å². The third kappa shape index (κ3) is 6.91.